The van der Waals surface area contributed by atoms with E-state index < -0.39 is 12.0 Å². The number of nitrogens with two attached hydrogens (primary N) is 1. The third kappa shape index (κ3) is 2.36. The van der Waals surface area contributed by atoms with Crippen LogP contribution in [0.3, 0.4) is 0 Å². The number of nitrogens with one attached hydrogen (secondary N) is 1. The summed E-state index contributed by atoms with van der Waals surface area (Å²) < 4.78 is 4.60. The van der Waals surface area contributed by atoms with Crippen LogP contribution in [-0.4, -0.2) is 23.3 Å². The van der Waals surface area contributed by atoms with E-state index in [-0.39, 0.29) is 5.41 Å². The number of esters is 1. The van der Waals surface area contributed by atoms with Crippen LogP contribution in [0, 0.1) is 0 Å². The number of ether oxygens (including phenoxy) is 1. The molecule has 5 heteroatoms. The summed E-state index contributed by atoms with van der Waals surface area (Å²) in [5, 5.41) is 6.78. The highest BCUT2D eigenvalue weighted by Gasteiger charge is 2.27. The number of carbonyl (C=O) groups excluding carboxylic acids is 1. The van der Waals surface area contributed by atoms with Gasteiger partial charge in [0.25, 0.3) is 0 Å². The Balaban J connectivity index is 3.05. The SMILES string of the molecule is COC(=O)C(N)c1cn[nH]c1C(C)(C)C. The molecule has 5 nitrogen and oxygen atoms in total. The number of methoxy groups -OCH3 is 1. The highest BCUT2D eigenvalue weighted by atomic mass is 16.5. The minimum Gasteiger partial charge on any atom is -0.468 e. The Morgan fingerprint density at radius 3 is 2.67 bits per heavy atom. The summed E-state index contributed by atoms with van der Waals surface area (Å²) in [7, 11) is 1.32. The number of aromatic amines is 1. The van der Waals surface area contributed by atoms with Gasteiger partial charge in [-0.2, -0.15) is 5.10 Å². The van der Waals surface area contributed by atoms with Gasteiger partial charge in [0.1, 0.15) is 6.04 Å². The summed E-state index contributed by atoms with van der Waals surface area (Å²) in [6.07, 6.45) is 1.57. The maximum Gasteiger partial charge on any atom is 0.327 e. The van der Waals surface area contributed by atoms with Crippen molar-refractivity contribution in [2.75, 3.05) is 7.11 Å². The zero-order chi connectivity index (χ0) is 11.6. The predicted octanol–water partition coefficient (Wildman–Crippen LogP) is 0.880. The van der Waals surface area contributed by atoms with Crippen LogP contribution in [0.5, 0.6) is 0 Å². The van der Waals surface area contributed by atoms with Gasteiger partial charge in [-0.3, -0.25) is 9.89 Å². The molecule has 0 aliphatic rings. The molecule has 1 aromatic rings. The first kappa shape index (κ1) is 11.7. The van der Waals surface area contributed by atoms with Gasteiger partial charge >= 0.3 is 5.97 Å². The van der Waals surface area contributed by atoms with E-state index >= 15 is 0 Å². The number of rotatable bonds is 2. The lowest BCUT2D eigenvalue weighted by Gasteiger charge is -2.20. The van der Waals surface area contributed by atoms with Gasteiger partial charge < -0.3 is 10.5 Å². The molecule has 0 bridgehead atoms. The van der Waals surface area contributed by atoms with Crippen LogP contribution in [0.2, 0.25) is 0 Å². The van der Waals surface area contributed by atoms with Crippen molar-refractivity contribution in [2.45, 2.75) is 32.2 Å². The highest BCUT2D eigenvalue weighted by molar-refractivity contribution is 5.77. The summed E-state index contributed by atoms with van der Waals surface area (Å²) in [5.41, 5.74) is 7.18. The van der Waals surface area contributed by atoms with Gasteiger partial charge in [0.05, 0.1) is 13.3 Å². The third-order valence-electron chi connectivity index (χ3n) is 2.21. The molecule has 15 heavy (non-hydrogen) atoms. The summed E-state index contributed by atoms with van der Waals surface area (Å²) >= 11 is 0. The molecular formula is C10H17N3O2. The summed E-state index contributed by atoms with van der Waals surface area (Å²) in [4.78, 5) is 11.3. The lowest BCUT2D eigenvalue weighted by molar-refractivity contribution is -0.142. The van der Waals surface area contributed by atoms with Crippen LogP contribution in [-0.2, 0) is 14.9 Å². The Morgan fingerprint density at radius 2 is 2.20 bits per heavy atom. The van der Waals surface area contributed by atoms with Crippen molar-refractivity contribution >= 4 is 5.97 Å². The molecule has 0 amide bonds. The van der Waals surface area contributed by atoms with Crippen LogP contribution < -0.4 is 5.73 Å². The Morgan fingerprint density at radius 1 is 1.60 bits per heavy atom. The molecule has 1 unspecified atom stereocenters. The van der Waals surface area contributed by atoms with E-state index in [1.165, 1.54) is 7.11 Å². The van der Waals surface area contributed by atoms with Crippen LogP contribution in [0.1, 0.15) is 38.1 Å². The molecule has 0 fully saturated rings. The topological polar surface area (TPSA) is 81.0 Å². The molecule has 3 N–H and O–H groups in total. The van der Waals surface area contributed by atoms with Crippen molar-refractivity contribution in [2.24, 2.45) is 5.73 Å². The first-order chi connectivity index (χ1) is 6.88. The van der Waals surface area contributed by atoms with Gasteiger partial charge in [-0.15, -0.1) is 0 Å². The van der Waals surface area contributed by atoms with Gasteiger partial charge in [-0.1, -0.05) is 20.8 Å². The molecule has 0 spiro atoms. The van der Waals surface area contributed by atoms with E-state index in [1.807, 2.05) is 20.8 Å². The highest BCUT2D eigenvalue weighted by Crippen LogP contribution is 2.26. The van der Waals surface area contributed by atoms with Crippen LogP contribution in [0.15, 0.2) is 6.20 Å². The minimum atomic E-state index is -0.775. The number of hydrogen-bond acceptors (Lipinski definition) is 4. The standard InChI is InChI=1S/C10H17N3O2/c1-10(2,3)8-6(5-12-13-8)7(11)9(14)15-4/h5,7H,11H2,1-4H3,(H,12,13). The second kappa shape index (κ2) is 4.02. The average molecular weight is 211 g/mol. The van der Waals surface area contributed by atoms with Crippen LogP contribution >= 0.6 is 0 Å². The van der Waals surface area contributed by atoms with Crippen molar-refractivity contribution in [3.8, 4) is 0 Å². The Bertz CT molecular complexity index is 352. The van der Waals surface area contributed by atoms with Crippen molar-refractivity contribution < 1.29 is 9.53 Å². The molecule has 84 valence electrons. The zero-order valence-electron chi connectivity index (χ0n) is 9.50. The summed E-state index contributed by atoms with van der Waals surface area (Å²) in [5.74, 6) is -0.457. The third-order valence-corrected chi connectivity index (χ3v) is 2.21. The molecular weight excluding hydrogens is 194 g/mol. The molecule has 0 saturated heterocycles. The summed E-state index contributed by atoms with van der Waals surface area (Å²) in [6, 6.07) is -0.775. The van der Waals surface area contributed by atoms with E-state index in [4.69, 9.17) is 5.73 Å². The fourth-order valence-corrected chi connectivity index (χ4v) is 1.39. The van der Waals surface area contributed by atoms with Gasteiger partial charge in [0.15, 0.2) is 0 Å². The number of H-pyrrole nitrogens is 1. The van der Waals surface area contributed by atoms with Crippen molar-refractivity contribution in [3.05, 3.63) is 17.5 Å². The van der Waals surface area contributed by atoms with Crippen molar-refractivity contribution in [3.63, 3.8) is 0 Å². The molecule has 0 aliphatic heterocycles. The molecule has 0 saturated carbocycles. The minimum absolute atomic E-state index is 0.128. The smallest absolute Gasteiger partial charge is 0.327 e. The fourth-order valence-electron chi connectivity index (χ4n) is 1.39. The molecule has 0 aromatic carbocycles. The zero-order valence-corrected chi connectivity index (χ0v) is 9.50. The predicted molar refractivity (Wildman–Crippen MR) is 56.2 cm³/mol. The molecule has 1 aromatic heterocycles. The average Bonchev–Trinajstić information content (AvgIpc) is 2.63. The van der Waals surface area contributed by atoms with Gasteiger partial charge in [-0.05, 0) is 0 Å². The monoisotopic (exact) mass is 211 g/mol. The van der Waals surface area contributed by atoms with Crippen LogP contribution in [0.4, 0.5) is 0 Å². The number of nitrogens with zero attached hydrogens (tertiary/aromatic N) is 1. The quantitative estimate of drug-likeness (QED) is 0.711. The second-order valence-electron chi connectivity index (χ2n) is 4.45. The Kier molecular flexibility index (Phi) is 3.14. The normalized spacial score (nSPS) is 13.7. The largest absolute Gasteiger partial charge is 0.468 e. The maximum atomic E-state index is 11.3. The van der Waals surface area contributed by atoms with Gasteiger partial charge in [0, 0.05) is 16.7 Å². The second-order valence-corrected chi connectivity index (χ2v) is 4.45. The molecule has 1 rings (SSSR count). The molecule has 0 radical (unpaired) electrons. The number of hydrogen-bond donors (Lipinski definition) is 2. The Labute approximate surface area is 89.0 Å². The van der Waals surface area contributed by atoms with E-state index in [0.717, 1.165) is 5.69 Å². The van der Waals surface area contributed by atoms with E-state index in [1.54, 1.807) is 6.20 Å². The number of carbonyl (C=O) groups is 1. The molecule has 1 atom stereocenters. The Hall–Kier alpha value is -1.36. The lowest BCUT2D eigenvalue weighted by atomic mass is 9.88. The van der Waals surface area contributed by atoms with E-state index in [9.17, 15) is 4.79 Å². The van der Waals surface area contributed by atoms with Gasteiger partial charge in [-0.25, -0.2) is 0 Å². The van der Waals surface area contributed by atoms with Crippen LogP contribution in [0.25, 0.3) is 0 Å². The van der Waals surface area contributed by atoms with E-state index in [2.05, 4.69) is 14.9 Å². The lowest BCUT2D eigenvalue weighted by Crippen LogP contribution is -2.26. The maximum absolute atomic E-state index is 11.3. The molecule has 1 heterocycles. The number of aromatic nitrogens is 2. The van der Waals surface area contributed by atoms with E-state index in [0.29, 0.717) is 5.56 Å². The fraction of sp³-hybridized carbons (Fsp3) is 0.600. The summed E-state index contributed by atoms with van der Waals surface area (Å²) in [6.45, 7) is 6.07. The molecule has 0 aliphatic carbocycles. The first-order valence-corrected chi connectivity index (χ1v) is 4.75. The van der Waals surface area contributed by atoms with Crippen molar-refractivity contribution in [1.82, 2.24) is 10.2 Å². The van der Waals surface area contributed by atoms with Crippen molar-refractivity contribution in [1.29, 1.82) is 0 Å². The van der Waals surface area contributed by atoms with Gasteiger partial charge in [0.2, 0.25) is 0 Å². The first-order valence-electron chi connectivity index (χ1n) is 4.75.